The molecule has 0 saturated heterocycles. The van der Waals surface area contributed by atoms with Crippen molar-refractivity contribution in [2.45, 2.75) is 0 Å². The Balaban J connectivity index is -0.0000000250. The summed E-state index contributed by atoms with van der Waals surface area (Å²) in [5, 5.41) is 73.8. The predicted molar refractivity (Wildman–Crippen MR) is 51.8 cm³/mol. The van der Waals surface area contributed by atoms with Gasteiger partial charge < -0.3 is 76.6 Å². The van der Waals surface area contributed by atoms with Gasteiger partial charge in [0.2, 0.25) is 0 Å². The fourth-order valence-electron chi connectivity index (χ4n) is 0. The largest absolute Gasteiger partial charge is 4.00 e. The molecular formula is LiN5O15Ti. The second kappa shape index (κ2) is 36.2. The van der Waals surface area contributed by atoms with E-state index in [-0.39, 0.29) is 40.6 Å². The SMILES string of the molecule is O=[N+]([O-])[O-].O=[N+]([O-])[O-].O=[N+]([O-])[O-].O=[N+]([O-])[O-].O=[N+]([O-])[O-].[Li+].[Ti+4]. The summed E-state index contributed by atoms with van der Waals surface area (Å²) < 4.78 is 0. The van der Waals surface area contributed by atoms with Gasteiger partial charge in [0.05, 0.1) is 25.4 Å². The Morgan fingerprint density at radius 2 is 0.364 bits per heavy atom. The first-order valence-electron chi connectivity index (χ1n) is 2.74. The Morgan fingerprint density at radius 3 is 0.364 bits per heavy atom. The number of nitrogens with zero attached hydrogens (tertiary/aromatic N) is 5. The van der Waals surface area contributed by atoms with Crippen molar-refractivity contribution >= 4 is 0 Å². The zero-order valence-corrected chi connectivity index (χ0v) is 11.4. The minimum atomic E-state index is -1.75. The minimum Gasteiger partial charge on any atom is -0.356 e. The van der Waals surface area contributed by atoms with E-state index in [0.717, 1.165) is 0 Å². The van der Waals surface area contributed by atoms with Gasteiger partial charge in [-0.1, -0.05) is 0 Å². The average Bonchev–Trinajstić information content (AvgIpc) is 1.94. The van der Waals surface area contributed by atoms with E-state index < -0.39 is 25.4 Å². The zero-order valence-electron chi connectivity index (χ0n) is 9.86. The molecule has 22 heavy (non-hydrogen) atoms. The molecule has 0 aliphatic carbocycles. The third kappa shape index (κ3) is 637. The second-order valence-corrected chi connectivity index (χ2v) is 1.12. The molecule has 0 aromatic rings. The quantitative estimate of drug-likeness (QED) is 0.223. The van der Waals surface area contributed by atoms with Gasteiger partial charge in [0.15, 0.2) is 0 Å². The molecule has 0 radical (unpaired) electrons. The molecule has 22 heteroatoms. The van der Waals surface area contributed by atoms with Crippen molar-refractivity contribution in [1.29, 1.82) is 0 Å². The van der Waals surface area contributed by atoms with Crippen molar-refractivity contribution in [3.05, 3.63) is 76.6 Å². The fourth-order valence-corrected chi connectivity index (χ4v) is 0. The Labute approximate surface area is 143 Å². The van der Waals surface area contributed by atoms with Crippen molar-refractivity contribution in [2.24, 2.45) is 0 Å². The molecular weight excluding hydrogens is 365 g/mol. The van der Waals surface area contributed by atoms with Crippen LogP contribution in [0.5, 0.6) is 0 Å². The predicted octanol–water partition coefficient (Wildman–Crippen LogP) is -4.19. The Bertz CT molecular complexity index is 213. The Hall–Kier alpha value is -2.69. The van der Waals surface area contributed by atoms with Crippen LogP contribution in [0.1, 0.15) is 0 Å². The molecule has 0 unspecified atom stereocenters. The molecule has 0 aliphatic heterocycles. The maximum atomic E-state index is 8.25. The Kier molecular flexibility index (Phi) is 70.3. The van der Waals surface area contributed by atoms with Crippen molar-refractivity contribution in [3.63, 3.8) is 0 Å². The van der Waals surface area contributed by atoms with E-state index in [4.69, 9.17) is 76.6 Å². The van der Waals surface area contributed by atoms with Crippen molar-refractivity contribution in [1.82, 2.24) is 0 Å². The van der Waals surface area contributed by atoms with Crippen LogP contribution in [0.25, 0.3) is 0 Å². The topological polar surface area (TPSA) is 331 Å². The van der Waals surface area contributed by atoms with Crippen molar-refractivity contribution in [3.8, 4) is 0 Å². The number of rotatable bonds is 0. The molecule has 0 saturated carbocycles. The van der Waals surface area contributed by atoms with Gasteiger partial charge in [-0.05, 0) is 0 Å². The summed E-state index contributed by atoms with van der Waals surface area (Å²) in [5.74, 6) is 0. The summed E-state index contributed by atoms with van der Waals surface area (Å²) in [6.45, 7) is 0. The van der Waals surface area contributed by atoms with Gasteiger partial charge >= 0.3 is 40.6 Å². The molecule has 0 fully saturated rings. The Morgan fingerprint density at radius 1 is 0.364 bits per heavy atom. The summed E-state index contributed by atoms with van der Waals surface area (Å²) >= 11 is 0. The van der Waals surface area contributed by atoms with E-state index in [0.29, 0.717) is 0 Å². The van der Waals surface area contributed by atoms with Crippen LogP contribution in [-0.4, -0.2) is 25.4 Å². The van der Waals surface area contributed by atoms with E-state index in [1.165, 1.54) is 0 Å². The molecule has 0 bridgehead atoms. The first-order chi connectivity index (χ1) is 8.66. The van der Waals surface area contributed by atoms with E-state index >= 15 is 0 Å². The smallest absolute Gasteiger partial charge is 0.356 e. The van der Waals surface area contributed by atoms with Gasteiger partial charge in [-0.3, -0.25) is 0 Å². The van der Waals surface area contributed by atoms with E-state index in [1.807, 2.05) is 0 Å². The molecule has 120 valence electrons. The molecule has 0 aromatic carbocycles. The van der Waals surface area contributed by atoms with Crippen LogP contribution in [0.4, 0.5) is 0 Å². The molecule has 20 nitrogen and oxygen atoms in total. The second-order valence-electron chi connectivity index (χ2n) is 1.12. The van der Waals surface area contributed by atoms with Gasteiger partial charge in [0.1, 0.15) is 0 Å². The molecule has 0 heterocycles. The molecule has 0 rings (SSSR count). The standard InChI is InChI=1S/Li.5NO3.Ti/c;5*2-1(3)4;/q+1;5*-1;+4. The van der Waals surface area contributed by atoms with Crippen LogP contribution in [-0.2, 0) is 21.7 Å². The van der Waals surface area contributed by atoms with Crippen LogP contribution in [0.2, 0.25) is 0 Å². The van der Waals surface area contributed by atoms with E-state index in [1.54, 1.807) is 0 Å². The maximum absolute atomic E-state index is 8.25. The van der Waals surface area contributed by atoms with Gasteiger partial charge in [0, 0.05) is 0 Å². The van der Waals surface area contributed by atoms with Crippen LogP contribution in [0, 0.1) is 76.6 Å². The summed E-state index contributed by atoms with van der Waals surface area (Å²) in [6, 6.07) is 0. The van der Waals surface area contributed by atoms with Gasteiger partial charge in [-0.15, -0.1) is 0 Å². The van der Waals surface area contributed by atoms with Gasteiger partial charge in [-0.25, -0.2) is 0 Å². The third-order valence-corrected chi connectivity index (χ3v) is 0. The summed E-state index contributed by atoms with van der Waals surface area (Å²) in [6.07, 6.45) is 0. The summed E-state index contributed by atoms with van der Waals surface area (Å²) in [7, 11) is 0. The van der Waals surface area contributed by atoms with Gasteiger partial charge in [-0.2, -0.15) is 0 Å². The van der Waals surface area contributed by atoms with Crippen LogP contribution >= 0.6 is 0 Å². The molecule has 0 aliphatic rings. The minimum absolute atomic E-state index is 0. The van der Waals surface area contributed by atoms with Crippen LogP contribution < -0.4 is 18.9 Å². The monoisotopic (exact) mass is 365 g/mol. The van der Waals surface area contributed by atoms with Crippen LogP contribution in [0.3, 0.4) is 0 Å². The zero-order chi connectivity index (χ0) is 17.9. The molecule has 0 atom stereocenters. The molecule has 0 aromatic heterocycles. The fraction of sp³-hybridized carbons (Fsp3) is 0. The van der Waals surface area contributed by atoms with Crippen LogP contribution in [0.15, 0.2) is 0 Å². The average molecular weight is 365 g/mol. The first kappa shape index (κ1) is 42.7. The maximum Gasteiger partial charge on any atom is 4.00 e. The first-order valence-corrected chi connectivity index (χ1v) is 2.74. The third-order valence-electron chi connectivity index (χ3n) is 0. The van der Waals surface area contributed by atoms with Gasteiger partial charge in [0.25, 0.3) is 0 Å². The number of hydrogen-bond donors (Lipinski definition) is 0. The van der Waals surface area contributed by atoms with Crippen molar-refractivity contribution in [2.75, 3.05) is 0 Å². The summed E-state index contributed by atoms with van der Waals surface area (Å²) in [4.78, 5) is 41.2. The number of hydrogen-bond acceptors (Lipinski definition) is 15. The summed E-state index contributed by atoms with van der Waals surface area (Å²) in [5.41, 5.74) is 0. The normalized spacial score (nSPS) is 5.45. The molecule has 0 spiro atoms. The van der Waals surface area contributed by atoms with E-state index in [9.17, 15) is 0 Å². The van der Waals surface area contributed by atoms with E-state index in [2.05, 4.69) is 0 Å². The molecule has 0 N–H and O–H groups in total. The molecule has 0 amide bonds. The van der Waals surface area contributed by atoms with Crippen molar-refractivity contribution < 1.29 is 66.0 Å².